The van der Waals surface area contributed by atoms with Gasteiger partial charge in [0.1, 0.15) is 11.6 Å². The Morgan fingerprint density at radius 2 is 1.86 bits per heavy atom. The number of carbonyl (C=O) groups excluding carboxylic acids is 2. The Hall–Kier alpha value is -2.64. The standard InChI is InChI=1S/C21H23ClFN3O3/c1-13(20(28)24-15-6-7-17(23)16(22)12-15)26-10-8-14(9-11-26)21(29)25-18-4-2-3-5-19(18)27/h2-7,12-14,27H,8-11H2,1H3,(H,24,28)(H,25,29)/t13-/m1/s1. The summed E-state index contributed by atoms with van der Waals surface area (Å²) >= 11 is 5.75. The second-order valence-electron chi connectivity index (χ2n) is 7.11. The number of likely N-dealkylation sites (tertiary alicyclic amines) is 1. The first-order chi connectivity index (χ1) is 13.8. The zero-order valence-electron chi connectivity index (χ0n) is 16.0. The maximum atomic E-state index is 13.2. The molecule has 0 aliphatic carbocycles. The van der Waals surface area contributed by atoms with Crippen molar-refractivity contribution in [3.8, 4) is 5.75 Å². The second kappa shape index (κ2) is 9.24. The molecule has 0 radical (unpaired) electrons. The second-order valence-corrected chi connectivity index (χ2v) is 7.52. The fourth-order valence-corrected chi connectivity index (χ4v) is 3.53. The smallest absolute Gasteiger partial charge is 0.241 e. The Morgan fingerprint density at radius 1 is 1.17 bits per heavy atom. The van der Waals surface area contributed by atoms with Gasteiger partial charge in [-0.1, -0.05) is 23.7 Å². The SMILES string of the molecule is C[C@H](C(=O)Nc1ccc(F)c(Cl)c1)N1CCC(C(=O)Nc2ccccc2O)CC1. The number of rotatable bonds is 5. The number of para-hydroxylation sites is 2. The van der Waals surface area contributed by atoms with E-state index in [2.05, 4.69) is 10.6 Å². The zero-order chi connectivity index (χ0) is 21.0. The number of nitrogens with zero attached hydrogens (tertiary/aromatic N) is 1. The molecule has 0 saturated carbocycles. The average Bonchev–Trinajstić information content (AvgIpc) is 2.72. The molecule has 0 aromatic heterocycles. The van der Waals surface area contributed by atoms with Gasteiger partial charge in [-0.05, 0) is 63.2 Å². The van der Waals surface area contributed by atoms with Gasteiger partial charge in [0.05, 0.1) is 16.8 Å². The third-order valence-corrected chi connectivity index (χ3v) is 5.47. The van der Waals surface area contributed by atoms with Gasteiger partial charge in [0, 0.05) is 11.6 Å². The van der Waals surface area contributed by atoms with Gasteiger partial charge in [-0.15, -0.1) is 0 Å². The Bertz CT molecular complexity index is 900. The Balaban J connectivity index is 1.51. The van der Waals surface area contributed by atoms with E-state index in [9.17, 15) is 19.1 Å². The van der Waals surface area contributed by atoms with Gasteiger partial charge in [-0.2, -0.15) is 0 Å². The monoisotopic (exact) mass is 419 g/mol. The van der Waals surface area contributed by atoms with Gasteiger partial charge in [0.25, 0.3) is 0 Å². The molecule has 2 amide bonds. The summed E-state index contributed by atoms with van der Waals surface area (Å²) in [4.78, 5) is 27.0. The van der Waals surface area contributed by atoms with E-state index in [1.165, 1.54) is 24.3 Å². The summed E-state index contributed by atoms with van der Waals surface area (Å²) in [6.07, 6.45) is 1.22. The van der Waals surface area contributed by atoms with Crippen molar-refractivity contribution in [3.63, 3.8) is 0 Å². The number of hydrogen-bond donors (Lipinski definition) is 3. The number of aromatic hydroxyl groups is 1. The molecule has 154 valence electrons. The average molecular weight is 420 g/mol. The first-order valence-corrected chi connectivity index (χ1v) is 9.82. The van der Waals surface area contributed by atoms with Crippen LogP contribution in [0.25, 0.3) is 0 Å². The summed E-state index contributed by atoms with van der Waals surface area (Å²) in [5.41, 5.74) is 0.829. The molecule has 1 saturated heterocycles. The minimum atomic E-state index is -0.540. The molecule has 0 bridgehead atoms. The number of carbonyl (C=O) groups is 2. The van der Waals surface area contributed by atoms with Crippen molar-refractivity contribution in [1.29, 1.82) is 0 Å². The van der Waals surface area contributed by atoms with Crippen LogP contribution >= 0.6 is 11.6 Å². The van der Waals surface area contributed by atoms with Crippen molar-refractivity contribution in [2.75, 3.05) is 23.7 Å². The molecule has 3 rings (SSSR count). The summed E-state index contributed by atoms with van der Waals surface area (Å²) in [7, 11) is 0. The number of halogens is 2. The molecule has 1 atom stereocenters. The summed E-state index contributed by atoms with van der Waals surface area (Å²) < 4.78 is 13.2. The van der Waals surface area contributed by atoms with Gasteiger partial charge in [-0.25, -0.2) is 4.39 Å². The first kappa shape index (κ1) is 21.1. The maximum Gasteiger partial charge on any atom is 0.241 e. The number of phenolic OH excluding ortho intramolecular Hbond substituents is 1. The highest BCUT2D eigenvalue weighted by atomic mass is 35.5. The normalized spacial score (nSPS) is 16.2. The molecule has 2 aromatic carbocycles. The first-order valence-electron chi connectivity index (χ1n) is 9.44. The van der Waals surface area contributed by atoms with Crippen molar-refractivity contribution >= 4 is 34.8 Å². The third kappa shape index (κ3) is 5.25. The fourth-order valence-electron chi connectivity index (χ4n) is 3.35. The van der Waals surface area contributed by atoms with Crippen LogP contribution in [0.2, 0.25) is 5.02 Å². The number of amides is 2. The van der Waals surface area contributed by atoms with Crippen LogP contribution in [0.15, 0.2) is 42.5 Å². The molecule has 29 heavy (non-hydrogen) atoms. The molecule has 3 N–H and O–H groups in total. The fraction of sp³-hybridized carbons (Fsp3) is 0.333. The number of anilines is 2. The lowest BCUT2D eigenvalue weighted by Gasteiger charge is -2.34. The van der Waals surface area contributed by atoms with Gasteiger partial charge >= 0.3 is 0 Å². The zero-order valence-corrected chi connectivity index (χ0v) is 16.7. The lowest BCUT2D eigenvalue weighted by Crippen LogP contribution is -2.47. The van der Waals surface area contributed by atoms with Crippen molar-refractivity contribution in [2.24, 2.45) is 5.92 Å². The largest absolute Gasteiger partial charge is 0.506 e. The van der Waals surface area contributed by atoms with Gasteiger partial charge in [-0.3, -0.25) is 14.5 Å². The van der Waals surface area contributed by atoms with Gasteiger partial charge in [0.15, 0.2) is 0 Å². The molecule has 1 fully saturated rings. The molecular formula is C21H23ClFN3O3. The van der Waals surface area contributed by atoms with Crippen molar-refractivity contribution in [1.82, 2.24) is 4.90 Å². The molecule has 1 aliphatic heterocycles. The Labute approximate surface area is 173 Å². The highest BCUT2D eigenvalue weighted by molar-refractivity contribution is 6.31. The number of piperidine rings is 1. The lowest BCUT2D eigenvalue weighted by atomic mass is 9.94. The minimum absolute atomic E-state index is 0.0319. The number of nitrogens with one attached hydrogen (secondary N) is 2. The minimum Gasteiger partial charge on any atom is -0.506 e. The highest BCUT2D eigenvalue weighted by Gasteiger charge is 2.30. The summed E-state index contributed by atoms with van der Waals surface area (Å²) in [5.74, 6) is -1.04. The van der Waals surface area contributed by atoms with Crippen LogP contribution in [0.1, 0.15) is 19.8 Å². The van der Waals surface area contributed by atoms with Crippen molar-refractivity contribution < 1.29 is 19.1 Å². The van der Waals surface area contributed by atoms with Crippen LogP contribution in [-0.2, 0) is 9.59 Å². The van der Waals surface area contributed by atoms with Gasteiger partial charge in [0.2, 0.25) is 11.8 Å². The molecule has 0 unspecified atom stereocenters. The van der Waals surface area contributed by atoms with Crippen LogP contribution in [0, 0.1) is 11.7 Å². The third-order valence-electron chi connectivity index (χ3n) is 5.18. The van der Waals surface area contributed by atoms with Crippen LogP contribution < -0.4 is 10.6 Å². The number of benzene rings is 2. The van der Waals surface area contributed by atoms with Crippen LogP contribution in [-0.4, -0.2) is 41.0 Å². The molecule has 0 spiro atoms. The van der Waals surface area contributed by atoms with Crippen LogP contribution in [0.4, 0.5) is 15.8 Å². The maximum absolute atomic E-state index is 13.2. The quantitative estimate of drug-likeness (QED) is 0.643. The number of phenols is 1. The van der Waals surface area contributed by atoms with Crippen molar-refractivity contribution in [3.05, 3.63) is 53.3 Å². The molecule has 8 heteroatoms. The van der Waals surface area contributed by atoms with E-state index in [1.807, 2.05) is 4.90 Å². The van der Waals surface area contributed by atoms with E-state index < -0.39 is 11.9 Å². The van der Waals surface area contributed by atoms with E-state index in [0.717, 1.165) is 0 Å². The van der Waals surface area contributed by atoms with Gasteiger partial charge < -0.3 is 15.7 Å². The Morgan fingerprint density at radius 3 is 2.52 bits per heavy atom. The van der Waals surface area contributed by atoms with Crippen LogP contribution in [0.5, 0.6) is 5.75 Å². The van der Waals surface area contributed by atoms with E-state index in [0.29, 0.717) is 37.3 Å². The van der Waals surface area contributed by atoms with E-state index >= 15 is 0 Å². The van der Waals surface area contributed by atoms with E-state index in [1.54, 1.807) is 25.1 Å². The van der Waals surface area contributed by atoms with Crippen molar-refractivity contribution in [2.45, 2.75) is 25.8 Å². The van der Waals surface area contributed by atoms with E-state index in [-0.39, 0.29) is 28.5 Å². The summed E-state index contributed by atoms with van der Waals surface area (Å²) in [6, 6.07) is 10.2. The topological polar surface area (TPSA) is 81.7 Å². The lowest BCUT2D eigenvalue weighted by molar-refractivity contribution is -0.123. The highest BCUT2D eigenvalue weighted by Crippen LogP contribution is 2.26. The molecular weight excluding hydrogens is 397 g/mol. The van der Waals surface area contributed by atoms with Crippen LogP contribution in [0.3, 0.4) is 0 Å². The molecule has 1 aliphatic rings. The van der Waals surface area contributed by atoms with E-state index in [4.69, 9.17) is 11.6 Å². The Kier molecular flexibility index (Phi) is 6.71. The molecule has 6 nitrogen and oxygen atoms in total. The summed E-state index contributed by atoms with van der Waals surface area (Å²) in [5, 5.41) is 15.2. The molecule has 2 aromatic rings. The molecule has 1 heterocycles. The summed E-state index contributed by atoms with van der Waals surface area (Å²) in [6.45, 7) is 2.98. The predicted molar refractivity (Wildman–Crippen MR) is 111 cm³/mol. The predicted octanol–water partition coefficient (Wildman–Crippen LogP) is 3.86. The number of hydrogen-bond acceptors (Lipinski definition) is 4.